The third-order valence-corrected chi connectivity index (χ3v) is 14.7. The van der Waals surface area contributed by atoms with Gasteiger partial charge in [0.1, 0.15) is 35.2 Å². The molecule has 0 radical (unpaired) electrons. The second-order valence-corrected chi connectivity index (χ2v) is 23.5. The second kappa shape index (κ2) is 31.1. The van der Waals surface area contributed by atoms with E-state index in [1.54, 1.807) is 13.0 Å². The number of rotatable bonds is 10. The third kappa shape index (κ3) is 19.2. The van der Waals surface area contributed by atoms with Gasteiger partial charge in [-0.05, 0) is 165 Å². The van der Waals surface area contributed by atoms with E-state index >= 15 is 0 Å². The Hall–Kier alpha value is -8.15. The highest BCUT2D eigenvalue weighted by Gasteiger charge is 2.19. The van der Waals surface area contributed by atoms with E-state index in [0.717, 1.165) is 56.2 Å². The van der Waals surface area contributed by atoms with Gasteiger partial charge in [0.15, 0.2) is 31.0 Å². The molecule has 10 aromatic rings. The smallest absolute Gasteiger partial charge is 0.201 e. The summed E-state index contributed by atoms with van der Waals surface area (Å²) in [5, 5.41) is 0. The molecule has 5 heterocycles. The minimum Gasteiger partial charge on any atom is -0.201 e. The van der Waals surface area contributed by atoms with Crippen molar-refractivity contribution in [1.29, 1.82) is 0 Å². The van der Waals surface area contributed by atoms with Crippen molar-refractivity contribution in [2.24, 2.45) is 46.6 Å². The van der Waals surface area contributed by atoms with Gasteiger partial charge in [-0.15, -0.1) is 0 Å². The van der Waals surface area contributed by atoms with Crippen molar-refractivity contribution in [3.63, 3.8) is 0 Å². The predicted molar refractivity (Wildman–Crippen MR) is 359 cm³/mol. The largest absolute Gasteiger partial charge is 0.212 e. The van der Waals surface area contributed by atoms with Crippen LogP contribution < -0.4 is 22.8 Å². The van der Waals surface area contributed by atoms with Gasteiger partial charge >= 0.3 is 0 Å². The first kappa shape index (κ1) is 52.4. The molecular formula is C80H100N5+5. The SMILES string of the molecule is Cc1ccc(-c2cccc[n+]2C)c(C)c1.[2H]C([2H])(C)c1cc[n+](C)c(-c2ccccc2C)c1.[2H]C([2H])([2H])C([2H])(C)c1cc[n+](C)c(-c2ccccc2C)c1.[2H]C([2H])(c1cc[n+](C)c(-c2ccccc2C)c1)C(C)(C)C.[2H]C([2H])(c1ccc(-c2ccccc2C)[n+](C)c1)C(C)C. The summed E-state index contributed by atoms with van der Waals surface area (Å²) in [5.41, 5.74) is 20.8. The Balaban J connectivity index is 0.000000189. The first-order valence-electron chi connectivity index (χ1n) is 34.5. The zero-order chi connectivity index (χ0) is 70.8. The molecule has 85 heavy (non-hydrogen) atoms. The average Bonchev–Trinajstić information content (AvgIpc) is 0.797. The van der Waals surface area contributed by atoms with Gasteiger partial charge < -0.3 is 0 Å². The Labute approximate surface area is 527 Å². The van der Waals surface area contributed by atoms with Crippen molar-refractivity contribution in [1.82, 2.24) is 0 Å². The van der Waals surface area contributed by atoms with Gasteiger partial charge in [0.2, 0.25) is 28.5 Å². The molecule has 0 amide bonds. The van der Waals surface area contributed by atoms with E-state index in [2.05, 4.69) is 119 Å². The normalized spacial score (nSPS) is 14.0. The highest BCUT2D eigenvalue weighted by atomic mass is 14.9. The molecule has 5 aromatic heterocycles. The molecule has 0 aliphatic carbocycles. The maximum Gasteiger partial charge on any atom is 0.212 e. The fourth-order valence-electron chi connectivity index (χ4n) is 10.1. The van der Waals surface area contributed by atoms with Crippen molar-refractivity contribution in [3.8, 4) is 56.3 Å². The number of hydrogen-bond donors (Lipinski definition) is 0. The van der Waals surface area contributed by atoms with E-state index in [1.807, 2.05) is 222 Å². The number of benzene rings is 5. The van der Waals surface area contributed by atoms with E-state index in [4.69, 9.17) is 13.7 Å². The molecule has 10 rings (SSSR count). The van der Waals surface area contributed by atoms with Crippen LogP contribution in [-0.2, 0) is 54.4 Å². The van der Waals surface area contributed by atoms with Crippen LogP contribution in [0.15, 0.2) is 213 Å². The Kier molecular flexibility index (Phi) is 19.2. The molecule has 0 fully saturated rings. The Bertz CT molecular complexity index is 4130. The zero-order valence-corrected chi connectivity index (χ0v) is 54.0. The summed E-state index contributed by atoms with van der Waals surface area (Å²) in [6.45, 7) is 22.9. The molecule has 5 nitrogen and oxygen atoms in total. The maximum absolute atomic E-state index is 8.46. The summed E-state index contributed by atoms with van der Waals surface area (Å²) in [6.07, 6.45) is 5.66. The van der Waals surface area contributed by atoms with Gasteiger partial charge in [-0.25, -0.2) is 22.8 Å². The van der Waals surface area contributed by atoms with Gasteiger partial charge in [-0.1, -0.05) is 146 Å². The fraction of sp³-hybridized carbons (Fsp3) is 0.312. The third-order valence-electron chi connectivity index (χ3n) is 14.7. The molecular weight excluding hydrogens is 1030 g/mol. The fourth-order valence-corrected chi connectivity index (χ4v) is 10.1. The Morgan fingerprint density at radius 1 is 0.412 bits per heavy atom. The molecule has 440 valence electrons. The number of aryl methyl sites for hydroxylation is 12. The van der Waals surface area contributed by atoms with E-state index in [9.17, 15) is 0 Å². The van der Waals surface area contributed by atoms with Gasteiger partial charge in [0, 0.05) is 102 Å². The monoisotopic (exact) mass is 1140 g/mol. The summed E-state index contributed by atoms with van der Waals surface area (Å²) < 4.78 is 90.1. The lowest BCUT2D eigenvalue weighted by Gasteiger charge is -2.18. The van der Waals surface area contributed by atoms with Crippen molar-refractivity contribution in [3.05, 3.63) is 269 Å². The van der Waals surface area contributed by atoms with Gasteiger partial charge in [-0.2, -0.15) is 0 Å². The van der Waals surface area contributed by atoms with Crippen LogP contribution in [0.2, 0.25) is 0 Å². The predicted octanol–water partition coefficient (Wildman–Crippen LogP) is 17.2. The maximum atomic E-state index is 8.46. The summed E-state index contributed by atoms with van der Waals surface area (Å²) in [6, 6.07) is 60.5. The van der Waals surface area contributed by atoms with Crippen LogP contribution in [0.5, 0.6) is 0 Å². The van der Waals surface area contributed by atoms with Crippen molar-refractivity contribution in [2.75, 3.05) is 0 Å². The van der Waals surface area contributed by atoms with Crippen LogP contribution in [0.1, 0.15) is 131 Å². The van der Waals surface area contributed by atoms with Gasteiger partial charge in [0.05, 0.1) is 0 Å². The molecule has 0 aliphatic rings. The lowest BCUT2D eigenvalue weighted by atomic mass is 9.88. The van der Waals surface area contributed by atoms with Crippen molar-refractivity contribution < 1.29 is 36.5 Å². The topological polar surface area (TPSA) is 19.4 Å². The highest BCUT2D eigenvalue weighted by Crippen LogP contribution is 2.27. The molecule has 5 aromatic carbocycles. The minimum absolute atomic E-state index is 0.0492. The molecule has 0 saturated carbocycles. The van der Waals surface area contributed by atoms with Crippen molar-refractivity contribution >= 4 is 0 Å². The highest BCUT2D eigenvalue weighted by molar-refractivity contribution is 5.64. The molecule has 0 aliphatic heterocycles. The van der Waals surface area contributed by atoms with E-state index < -0.39 is 37.3 Å². The Morgan fingerprint density at radius 2 is 0.835 bits per heavy atom. The van der Waals surface area contributed by atoms with E-state index in [-0.39, 0.29) is 5.92 Å². The van der Waals surface area contributed by atoms with Gasteiger partial charge in [-0.3, -0.25) is 0 Å². The van der Waals surface area contributed by atoms with Crippen molar-refractivity contribution in [2.45, 2.75) is 122 Å². The van der Waals surface area contributed by atoms with Crippen LogP contribution in [0.3, 0.4) is 0 Å². The van der Waals surface area contributed by atoms with Crippen LogP contribution in [-0.4, -0.2) is 0 Å². The zero-order valence-electron chi connectivity index (χ0n) is 64.0. The second-order valence-electron chi connectivity index (χ2n) is 23.5. The molecule has 0 spiro atoms. The summed E-state index contributed by atoms with van der Waals surface area (Å²) >= 11 is 0. The minimum atomic E-state index is -2.37. The van der Waals surface area contributed by atoms with E-state index in [0.29, 0.717) is 11.1 Å². The van der Waals surface area contributed by atoms with Crippen LogP contribution in [0.25, 0.3) is 56.3 Å². The standard InChI is InChI=1S/C18H24N.C17H22N.C16H20N.C15H18N.C14H16N/c1-14-8-6-7-9-16(14)17-12-15(10-11-19(17)5)13-18(2,3)4;1-13(2)11-15-9-10-17(18(4)12-15)16-8-6-5-7-14(16)3;1-12(2)14-9-10-17(4)16(11-14)15-8-6-5-7-13(15)3;1-4-13-9-10-16(3)15(11-13)14-8-6-5-7-12(14)2;1-11-7-8-13(12(2)10-11)14-6-4-5-9-15(14)3/h6-12H,13H2,1-5H3;5-10,12-13H,11H2,1-4H3;5-12H,1-4H3;5-11H,4H2,1-3H3;4-10H,1-3H3/q5*+1/i13D2;11D2;1D3,12D;4D2;. The summed E-state index contributed by atoms with van der Waals surface area (Å²) in [7, 11) is 9.95. The molecule has 1 unspecified atom stereocenters. The molecule has 0 saturated heterocycles. The first-order chi connectivity index (χ1) is 44.2. The molecule has 5 heteroatoms. The van der Waals surface area contributed by atoms with E-state index in [1.165, 1.54) is 51.6 Å². The average molecular weight is 1140 g/mol. The molecule has 0 bridgehead atoms. The van der Waals surface area contributed by atoms with Crippen LogP contribution in [0, 0.1) is 52.9 Å². The lowest BCUT2D eigenvalue weighted by molar-refractivity contribution is -0.660. The quantitative estimate of drug-likeness (QED) is 0.122. The number of pyridine rings is 5. The Morgan fingerprint density at radius 3 is 1.28 bits per heavy atom. The molecule has 1 atom stereocenters. The number of nitrogens with zero attached hydrogens (tertiary/aromatic N) is 5. The van der Waals surface area contributed by atoms with Gasteiger partial charge in [0.25, 0.3) is 0 Å². The molecule has 0 N–H and O–H groups in total. The summed E-state index contributed by atoms with van der Waals surface area (Å²) in [4.78, 5) is 0. The van der Waals surface area contributed by atoms with Crippen LogP contribution in [0.4, 0.5) is 0 Å². The van der Waals surface area contributed by atoms with Crippen LogP contribution >= 0.6 is 0 Å². The first-order valence-corrected chi connectivity index (χ1v) is 29.5. The summed E-state index contributed by atoms with van der Waals surface area (Å²) in [5.74, 6) is -1.68. The number of hydrogen-bond acceptors (Lipinski definition) is 0. The number of aromatic nitrogens is 5. The lowest BCUT2D eigenvalue weighted by Crippen LogP contribution is -2.31.